The maximum Gasteiger partial charge on any atom is 0.289 e. The van der Waals surface area contributed by atoms with Gasteiger partial charge >= 0.3 is 0 Å². The highest BCUT2D eigenvalue weighted by Gasteiger charge is 2.38. The van der Waals surface area contributed by atoms with Crippen molar-refractivity contribution in [2.24, 2.45) is 5.73 Å². The third-order valence-electron chi connectivity index (χ3n) is 1.96. The van der Waals surface area contributed by atoms with Gasteiger partial charge in [0.2, 0.25) is 0 Å². The van der Waals surface area contributed by atoms with Crippen molar-refractivity contribution in [3.63, 3.8) is 0 Å². The minimum atomic E-state index is -3.53. The lowest BCUT2D eigenvalue weighted by Gasteiger charge is -2.22. The molecule has 1 atom stereocenters. The highest BCUT2D eigenvalue weighted by Crippen LogP contribution is 2.33. The first kappa shape index (κ1) is 15.5. The van der Waals surface area contributed by atoms with Crippen LogP contribution in [0.25, 0.3) is 0 Å². The van der Waals surface area contributed by atoms with Crippen molar-refractivity contribution in [3.8, 4) is 0 Å². The van der Waals surface area contributed by atoms with Gasteiger partial charge in [-0.1, -0.05) is 11.6 Å². The summed E-state index contributed by atoms with van der Waals surface area (Å²) < 4.78 is 38.8. The predicted octanol–water partition coefficient (Wildman–Crippen LogP) is 2.53. The molecule has 0 fully saturated rings. The van der Waals surface area contributed by atoms with Crippen LogP contribution in [0, 0.1) is 5.82 Å². The highest BCUT2D eigenvalue weighted by atomic mass is 35.5. The number of aliphatic hydroxyl groups is 1. The number of alkyl halides is 2. The number of rotatable bonds is 3. The zero-order chi connectivity index (χ0) is 11.6. The molecule has 0 bridgehead atoms. The molecule has 7 heteroatoms. The number of hydrogen-bond acceptors (Lipinski definition) is 2. The van der Waals surface area contributed by atoms with E-state index in [0.29, 0.717) is 0 Å². The summed E-state index contributed by atoms with van der Waals surface area (Å²) in [7, 11) is 0. The fraction of sp³-hybridized carbons (Fsp3) is 0.333. The molecule has 2 nitrogen and oxygen atoms in total. The summed E-state index contributed by atoms with van der Waals surface area (Å²) in [5, 5.41) is 8.36. The summed E-state index contributed by atoms with van der Waals surface area (Å²) in [4.78, 5) is 0. The van der Waals surface area contributed by atoms with Crippen LogP contribution < -0.4 is 5.73 Å². The van der Waals surface area contributed by atoms with Crippen LogP contribution in [0.3, 0.4) is 0 Å². The summed E-state index contributed by atoms with van der Waals surface area (Å²) in [5.74, 6) is -4.24. The van der Waals surface area contributed by atoms with Crippen LogP contribution in [0.2, 0.25) is 5.02 Å². The largest absolute Gasteiger partial charge is 0.390 e. The van der Waals surface area contributed by atoms with Crippen LogP contribution >= 0.6 is 24.0 Å². The van der Waals surface area contributed by atoms with Crippen LogP contribution in [0.4, 0.5) is 13.2 Å². The Labute approximate surface area is 102 Å². The van der Waals surface area contributed by atoms with Crippen LogP contribution in [-0.2, 0) is 0 Å². The molecule has 0 saturated carbocycles. The molecule has 16 heavy (non-hydrogen) atoms. The average molecular weight is 276 g/mol. The average Bonchev–Trinajstić information content (AvgIpc) is 2.20. The van der Waals surface area contributed by atoms with Crippen molar-refractivity contribution in [3.05, 3.63) is 34.6 Å². The molecule has 1 aromatic carbocycles. The molecular weight excluding hydrogens is 266 g/mol. The predicted molar refractivity (Wildman–Crippen MR) is 57.6 cm³/mol. The van der Waals surface area contributed by atoms with E-state index in [4.69, 9.17) is 22.4 Å². The van der Waals surface area contributed by atoms with E-state index in [9.17, 15) is 13.2 Å². The molecule has 0 amide bonds. The summed E-state index contributed by atoms with van der Waals surface area (Å²) in [6.07, 6.45) is 0. The van der Waals surface area contributed by atoms with Gasteiger partial charge in [0.05, 0.1) is 6.04 Å². The number of nitrogens with two attached hydrogens (primary N) is 1. The lowest BCUT2D eigenvalue weighted by Crippen LogP contribution is -2.36. The Morgan fingerprint density at radius 1 is 1.44 bits per heavy atom. The Kier molecular flexibility index (Phi) is 5.55. The molecular formula is C9H10Cl2F3NO. The van der Waals surface area contributed by atoms with Crippen molar-refractivity contribution >= 4 is 24.0 Å². The van der Waals surface area contributed by atoms with Gasteiger partial charge in [-0.3, -0.25) is 0 Å². The Bertz CT molecular complexity index is 363. The van der Waals surface area contributed by atoms with E-state index in [1.807, 2.05) is 0 Å². The number of halogens is 5. The Morgan fingerprint density at radius 3 is 2.50 bits per heavy atom. The molecule has 0 aliphatic heterocycles. The van der Waals surface area contributed by atoms with Crippen LogP contribution in [0.1, 0.15) is 11.6 Å². The van der Waals surface area contributed by atoms with E-state index >= 15 is 0 Å². The van der Waals surface area contributed by atoms with Crippen molar-refractivity contribution < 1.29 is 18.3 Å². The van der Waals surface area contributed by atoms with Crippen LogP contribution in [0.15, 0.2) is 18.2 Å². The molecule has 3 N–H and O–H groups in total. The first-order valence-electron chi connectivity index (χ1n) is 4.07. The third kappa shape index (κ3) is 3.25. The molecule has 1 rings (SSSR count). The van der Waals surface area contributed by atoms with E-state index in [0.717, 1.165) is 18.2 Å². The highest BCUT2D eigenvalue weighted by molar-refractivity contribution is 6.31. The molecule has 0 saturated heterocycles. The first-order chi connectivity index (χ1) is 6.88. The van der Waals surface area contributed by atoms with Crippen molar-refractivity contribution in [2.45, 2.75) is 12.0 Å². The third-order valence-corrected chi connectivity index (χ3v) is 2.30. The minimum absolute atomic E-state index is 0. The van der Waals surface area contributed by atoms with Crippen molar-refractivity contribution in [1.82, 2.24) is 0 Å². The van der Waals surface area contributed by atoms with Gasteiger partial charge in [-0.15, -0.1) is 12.4 Å². The Balaban J connectivity index is 0.00000225. The van der Waals surface area contributed by atoms with Crippen molar-refractivity contribution in [1.29, 1.82) is 0 Å². The Hall–Kier alpha value is -0.490. The fourth-order valence-corrected chi connectivity index (χ4v) is 1.31. The van der Waals surface area contributed by atoms with Gasteiger partial charge in [0, 0.05) is 5.02 Å². The van der Waals surface area contributed by atoms with Gasteiger partial charge in [0.15, 0.2) is 0 Å². The molecule has 0 aliphatic rings. The molecule has 1 aromatic rings. The zero-order valence-electron chi connectivity index (χ0n) is 7.96. The molecule has 0 aliphatic carbocycles. The number of hydrogen-bond donors (Lipinski definition) is 2. The lowest BCUT2D eigenvalue weighted by molar-refractivity contribution is -0.0712. The summed E-state index contributed by atoms with van der Waals surface area (Å²) in [6, 6.07) is 1.18. The summed E-state index contributed by atoms with van der Waals surface area (Å²) in [5.41, 5.74) is 4.97. The maximum atomic E-state index is 13.0. The van der Waals surface area contributed by atoms with Crippen molar-refractivity contribution in [2.75, 3.05) is 6.61 Å². The second kappa shape index (κ2) is 5.72. The van der Waals surface area contributed by atoms with Crippen LogP contribution in [-0.4, -0.2) is 17.6 Å². The number of aliphatic hydroxyl groups excluding tert-OH is 1. The fourth-order valence-electron chi connectivity index (χ4n) is 1.08. The smallest absolute Gasteiger partial charge is 0.289 e. The minimum Gasteiger partial charge on any atom is -0.390 e. The van der Waals surface area contributed by atoms with Gasteiger partial charge in [-0.05, 0) is 23.8 Å². The van der Waals surface area contributed by atoms with E-state index in [-0.39, 0.29) is 23.0 Å². The molecule has 0 radical (unpaired) electrons. The van der Waals surface area contributed by atoms with Gasteiger partial charge in [0.1, 0.15) is 12.4 Å². The van der Waals surface area contributed by atoms with E-state index in [1.165, 1.54) is 0 Å². The SMILES string of the molecule is Cl.N[C@@H](c1cc(F)ccc1Cl)C(F)(F)CO. The second-order valence-corrected chi connectivity index (χ2v) is 3.47. The molecule has 0 heterocycles. The van der Waals surface area contributed by atoms with Gasteiger partial charge in [-0.2, -0.15) is 0 Å². The van der Waals surface area contributed by atoms with Gasteiger partial charge in [0.25, 0.3) is 5.92 Å². The standard InChI is InChI=1S/C9H9ClF3NO.ClH/c10-7-2-1-5(11)3-6(7)8(14)9(12,13)4-15;/h1-3,8,15H,4,14H2;1H/t8-;/m0./s1. The Morgan fingerprint density at radius 2 is 2.00 bits per heavy atom. The lowest BCUT2D eigenvalue weighted by atomic mass is 10.0. The van der Waals surface area contributed by atoms with Crippen LogP contribution in [0.5, 0.6) is 0 Å². The quantitative estimate of drug-likeness (QED) is 0.891. The zero-order valence-corrected chi connectivity index (χ0v) is 9.53. The van der Waals surface area contributed by atoms with Gasteiger partial charge < -0.3 is 10.8 Å². The second-order valence-electron chi connectivity index (χ2n) is 3.06. The van der Waals surface area contributed by atoms with E-state index in [2.05, 4.69) is 0 Å². The molecule has 92 valence electrons. The number of benzene rings is 1. The molecule has 0 unspecified atom stereocenters. The monoisotopic (exact) mass is 275 g/mol. The van der Waals surface area contributed by atoms with E-state index in [1.54, 1.807) is 0 Å². The molecule has 0 aromatic heterocycles. The normalized spacial score (nSPS) is 13.1. The maximum absolute atomic E-state index is 13.0. The van der Waals surface area contributed by atoms with Gasteiger partial charge in [-0.25, -0.2) is 13.2 Å². The summed E-state index contributed by atoms with van der Waals surface area (Å²) in [6.45, 7) is -1.42. The molecule has 0 spiro atoms. The van der Waals surface area contributed by atoms with E-state index < -0.39 is 24.4 Å². The topological polar surface area (TPSA) is 46.2 Å². The first-order valence-corrected chi connectivity index (χ1v) is 4.45. The summed E-state index contributed by atoms with van der Waals surface area (Å²) >= 11 is 5.59.